The molecule has 32 heavy (non-hydrogen) atoms. The maximum absolute atomic E-state index is 6.67. The molecule has 14 atom stereocenters. The zero-order valence-electron chi connectivity index (χ0n) is 21.4. The highest BCUT2D eigenvalue weighted by Crippen LogP contribution is 2.40. The van der Waals surface area contributed by atoms with Crippen molar-refractivity contribution in [1.82, 2.24) is 0 Å². The summed E-state index contributed by atoms with van der Waals surface area (Å²) in [6.45, 7) is 15.3. The smallest absolute Gasteiger partial charge is 0.173 e. The Hall–Kier alpha value is -0.280. The SMILES string of the molecule is CCC1OC(OC2C(N)CC(C)C(C)C2OC2OC(CC)C(OC)C2C)C(N)C(C)C1C. The van der Waals surface area contributed by atoms with Gasteiger partial charge in [0.15, 0.2) is 12.6 Å². The Bertz CT molecular complexity index is 593. The van der Waals surface area contributed by atoms with Gasteiger partial charge in [-0.1, -0.05) is 48.5 Å². The Labute approximate surface area is 195 Å². The first-order valence-electron chi connectivity index (χ1n) is 12.8. The molecule has 0 bridgehead atoms. The molecule has 1 saturated carbocycles. The monoisotopic (exact) mass is 456 g/mol. The molecule has 14 unspecified atom stereocenters. The second kappa shape index (κ2) is 11.0. The lowest BCUT2D eigenvalue weighted by molar-refractivity contribution is -0.291. The van der Waals surface area contributed by atoms with E-state index in [1.54, 1.807) is 7.11 Å². The summed E-state index contributed by atoms with van der Waals surface area (Å²) < 4.78 is 31.6. The molecule has 0 spiro atoms. The van der Waals surface area contributed by atoms with Gasteiger partial charge >= 0.3 is 0 Å². The Balaban J connectivity index is 1.78. The summed E-state index contributed by atoms with van der Waals surface area (Å²) in [6.07, 6.45) is 1.59. The summed E-state index contributed by atoms with van der Waals surface area (Å²) in [4.78, 5) is 0. The van der Waals surface area contributed by atoms with Crippen LogP contribution in [0.15, 0.2) is 0 Å². The van der Waals surface area contributed by atoms with Crippen LogP contribution >= 0.6 is 0 Å². The van der Waals surface area contributed by atoms with Gasteiger partial charge in [0, 0.05) is 19.1 Å². The van der Waals surface area contributed by atoms with Gasteiger partial charge in [-0.2, -0.15) is 0 Å². The van der Waals surface area contributed by atoms with Crippen LogP contribution in [0.25, 0.3) is 0 Å². The van der Waals surface area contributed by atoms with Crippen molar-refractivity contribution in [3.05, 3.63) is 0 Å². The minimum atomic E-state index is -0.481. The lowest BCUT2D eigenvalue weighted by Crippen LogP contribution is -2.61. The van der Waals surface area contributed by atoms with Crippen LogP contribution in [0, 0.1) is 29.6 Å². The minimum Gasteiger partial charge on any atom is -0.378 e. The van der Waals surface area contributed by atoms with E-state index in [0.29, 0.717) is 17.8 Å². The normalized spacial score (nSPS) is 52.3. The quantitative estimate of drug-likeness (QED) is 0.606. The maximum atomic E-state index is 6.67. The van der Waals surface area contributed by atoms with Gasteiger partial charge in [-0.15, -0.1) is 0 Å². The van der Waals surface area contributed by atoms with Crippen molar-refractivity contribution in [1.29, 1.82) is 0 Å². The summed E-state index contributed by atoms with van der Waals surface area (Å²) >= 11 is 0. The van der Waals surface area contributed by atoms with Crippen molar-refractivity contribution in [3.8, 4) is 0 Å². The Kier molecular flexibility index (Phi) is 9.03. The molecule has 3 fully saturated rings. The molecule has 7 heteroatoms. The topological polar surface area (TPSA) is 98.2 Å². The molecule has 0 aromatic heterocycles. The molecule has 0 radical (unpaired) electrons. The van der Waals surface area contributed by atoms with Crippen molar-refractivity contribution in [3.63, 3.8) is 0 Å². The molecule has 0 aromatic carbocycles. The Morgan fingerprint density at radius 3 is 1.88 bits per heavy atom. The summed E-state index contributed by atoms with van der Waals surface area (Å²) in [5.41, 5.74) is 13.2. The molecule has 0 aromatic rings. The predicted molar refractivity (Wildman–Crippen MR) is 125 cm³/mol. The lowest BCUT2D eigenvalue weighted by atomic mass is 9.75. The van der Waals surface area contributed by atoms with Gasteiger partial charge in [0.2, 0.25) is 0 Å². The number of methoxy groups -OCH3 is 1. The van der Waals surface area contributed by atoms with E-state index in [9.17, 15) is 0 Å². The van der Waals surface area contributed by atoms with E-state index in [2.05, 4.69) is 48.5 Å². The molecule has 2 aliphatic heterocycles. The average molecular weight is 457 g/mol. The fourth-order valence-electron chi connectivity index (χ4n) is 5.97. The summed E-state index contributed by atoms with van der Waals surface area (Å²) in [6, 6.07) is -0.340. The van der Waals surface area contributed by atoms with Gasteiger partial charge < -0.3 is 35.2 Å². The van der Waals surface area contributed by atoms with Crippen molar-refractivity contribution in [2.24, 2.45) is 41.1 Å². The minimum absolute atomic E-state index is 0.0251. The molecule has 2 heterocycles. The van der Waals surface area contributed by atoms with Crippen LogP contribution in [-0.4, -0.2) is 62.3 Å². The van der Waals surface area contributed by atoms with Gasteiger partial charge in [0.05, 0.1) is 30.5 Å². The van der Waals surface area contributed by atoms with E-state index in [1.165, 1.54) is 0 Å². The van der Waals surface area contributed by atoms with E-state index in [0.717, 1.165) is 19.3 Å². The van der Waals surface area contributed by atoms with Crippen molar-refractivity contribution in [2.75, 3.05) is 7.11 Å². The molecule has 4 N–H and O–H groups in total. The molecule has 0 amide bonds. The lowest BCUT2D eigenvalue weighted by Gasteiger charge is -2.49. The van der Waals surface area contributed by atoms with Crippen LogP contribution in [0.1, 0.15) is 67.7 Å². The maximum Gasteiger partial charge on any atom is 0.173 e. The number of nitrogens with two attached hydrogens (primary N) is 2. The standard InChI is InChI=1S/C25H48N2O5/c1-9-18-14(5)15(6)20(27)25(29-18)32-23-17(26)11-12(3)13(4)22(23)31-24-16(7)21(28-8)19(10-2)30-24/h12-25H,9-11,26-27H2,1-8H3. The third kappa shape index (κ3) is 5.04. The molecular weight excluding hydrogens is 408 g/mol. The molecule has 3 aliphatic rings. The van der Waals surface area contributed by atoms with E-state index in [1.807, 2.05) is 0 Å². The number of hydrogen-bond donors (Lipinski definition) is 2. The van der Waals surface area contributed by atoms with E-state index < -0.39 is 6.29 Å². The van der Waals surface area contributed by atoms with Crippen LogP contribution in [0.3, 0.4) is 0 Å². The predicted octanol–water partition coefficient (Wildman–Crippen LogP) is 3.28. The number of ether oxygens (including phenoxy) is 5. The van der Waals surface area contributed by atoms with Crippen LogP contribution in [0.4, 0.5) is 0 Å². The average Bonchev–Trinajstić information content (AvgIpc) is 3.08. The largest absolute Gasteiger partial charge is 0.378 e. The third-order valence-corrected chi connectivity index (χ3v) is 8.73. The highest BCUT2D eigenvalue weighted by atomic mass is 16.7. The number of hydrogen-bond acceptors (Lipinski definition) is 7. The second-order valence-corrected chi connectivity index (χ2v) is 10.7. The fraction of sp³-hybridized carbons (Fsp3) is 1.00. The van der Waals surface area contributed by atoms with Crippen molar-refractivity contribution < 1.29 is 23.7 Å². The van der Waals surface area contributed by atoms with Gasteiger partial charge in [-0.05, 0) is 42.9 Å². The summed E-state index contributed by atoms with van der Waals surface area (Å²) in [5, 5.41) is 0. The molecule has 1 aliphatic carbocycles. The zero-order valence-corrected chi connectivity index (χ0v) is 21.4. The molecule has 2 saturated heterocycles. The molecular formula is C25H48N2O5. The van der Waals surface area contributed by atoms with Crippen LogP contribution in [0.5, 0.6) is 0 Å². The fourth-order valence-corrected chi connectivity index (χ4v) is 5.97. The highest BCUT2D eigenvalue weighted by Gasteiger charge is 2.50. The zero-order chi connectivity index (χ0) is 23.7. The highest BCUT2D eigenvalue weighted by molar-refractivity contribution is 4.97. The second-order valence-electron chi connectivity index (χ2n) is 10.7. The van der Waals surface area contributed by atoms with E-state index >= 15 is 0 Å². The van der Waals surface area contributed by atoms with Crippen molar-refractivity contribution >= 4 is 0 Å². The van der Waals surface area contributed by atoms with Crippen LogP contribution in [-0.2, 0) is 23.7 Å². The number of rotatable bonds is 7. The first-order chi connectivity index (χ1) is 15.1. The molecule has 3 rings (SSSR count). The molecule has 7 nitrogen and oxygen atoms in total. The summed E-state index contributed by atoms with van der Waals surface area (Å²) in [5.74, 6) is 1.53. The van der Waals surface area contributed by atoms with Crippen LogP contribution < -0.4 is 11.5 Å². The van der Waals surface area contributed by atoms with E-state index in [-0.39, 0.29) is 60.7 Å². The van der Waals surface area contributed by atoms with Gasteiger partial charge in [-0.3, -0.25) is 0 Å². The Morgan fingerprint density at radius 1 is 0.719 bits per heavy atom. The van der Waals surface area contributed by atoms with Crippen molar-refractivity contribution in [2.45, 2.75) is 123 Å². The van der Waals surface area contributed by atoms with E-state index in [4.69, 9.17) is 35.2 Å². The van der Waals surface area contributed by atoms with Gasteiger partial charge in [-0.25, -0.2) is 0 Å². The first-order valence-corrected chi connectivity index (χ1v) is 12.8. The third-order valence-electron chi connectivity index (χ3n) is 8.73. The summed E-state index contributed by atoms with van der Waals surface area (Å²) in [7, 11) is 1.75. The van der Waals surface area contributed by atoms with Gasteiger partial charge in [0.25, 0.3) is 0 Å². The Morgan fingerprint density at radius 2 is 1.31 bits per heavy atom. The van der Waals surface area contributed by atoms with Gasteiger partial charge in [0.1, 0.15) is 6.10 Å². The van der Waals surface area contributed by atoms with Crippen LogP contribution in [0.2, 0.25) is 0 Å². The molecule has 188 valence electrons. The first kappa shape index (κ1) is 26.3.